The second-order valence-electron chi connectivity index (χ2n) is 7.28. The van der Waals surface area contributed by atoms with Gasteiger partial charge in [0.15, 0.2) is 5.96 Å². The van der Waals surface area contributed by atoms with E-state index in [1.807, 2.05) is 32.3 Å². The van der Waals surface area contributed by atoms with E-state index in [1.54, 1.807) is 14.2 Å². The Kier molecular flexibility index (Phi) is 11.7. The van der Waals surface area contributed by atoms with Crippen LogP contribution in [0.4, 0.5) is 0 Å². The number of piperazine rings is 1. The van der Waals surface area contributed by atoms with E-state index in [4.69, 9.17) is 9.47 Å². The Labute approximate surface area is 193 Å². The van der Waals surface area contributed by atoms with Gasteiger partial charge in [0.25, 0.3) is 0 Å². The fourth-order valence-corrected chi connectivity index (χ4v) is 3.59. The predicted molar refractivity (Wildman–Crippen MR) is 131 cm³/mol. The molecule has 1 saturated heterocycles. The van der Waals surface area contributed by atoms with E-state index >= 15 is 0 Å². The van der Waals surface area contributed by atoms with E-state index in [-0.39, 0.29) is 24.0 Å². The number of halogens is 1. The molecule has 0 spiro atoms. The SMILES string of the molecule is CCN1CCN(C(C)CNC(=NC)N(C)Cc2ccc(OC)cc2OC)CC1.I. The van der Waals surface area contributed by atoms with Crippen molar-refractivity contribution in [2.75, 3.05) is 67.6 Å². The summed E-state index contributed by atoms with van der Waals surface area (Å²) in [6, 6.07) is 6.38. The van der Waals surface area contributed by atoms with Crippen molar-refractivity contribution in [2.24, 2.45) is 4.99 Å². The zero-order chi connectivity index (χ0) is 20.5. The van der Waals surface area contributed by atoms with Crippen molar-refractivity contribution in [3.63, 3.8) is 0 Å². The molecule has 1 heterocycles. The number of rotatable bonds is 8. The lowest BCUT2D eigenvalue weighted by Gasteiger charge is -2.38. The second-order valence-corrected chi connectivity index (χ2v) is 7.28. The van der Waals surface area contributed by atoms with Gasteiger partial charge in [-0.1, -0.05) is 6.92 Å². The van der Waals surface area contributed by atoms with E-state index in [9.17, 15) is 0 Å². The molecule has 0 amide bonds. The molecule has 0 bridgehead atoms. The molecule has 1 aromatic rings. The standard InChI is InChI=1S/C21H37N5O2.HI/c1-7-25-10-12-26(13-11-25)17(2)15-23-21(22-3)24(4)16-18-8-9-19(27-5)14-20(18)28-6;/h8-9,14,17H,7,10-13,15-16H2,1-6H3,(H,22,23);1H. The molecule has 1 fully saturated rings. The van der Waals surface area contributed by atoms with Crippen LogP contribution in [0.15, 0.2) is 23.2 Å². The molecule has 0 aliphatic carbocycles. The number of hydrogen-bond donors (Lipinski definition) is 1. The van der Waals surface area contributed by atoms with E-state index in [2.05, 4.69) is 38.9 Å². The molecule has 8 heteroatoms. The average molecular weight is 519 g/mol. The van der Waals surface area contributed by atoms with Crippen LogP contribution in [0.1, 0.15) is 19.4 Å². The first-order chi connectivity index (χ1) is 13.5. The van der Waals surface area contributed by atoms with Gasteiger partial charge in [-0.2, -0.15) is 0 Å². The van der Waals surface area contributed by atoms with E-state index in [0.29, 0.717) is 12.6 Å². The van der Waals surface area contributed by atoms with Crippen molar-refractivity contribution < 1.29 is 9.47 Å². The van der Waals surface area contributed by atoms with Gasteiger partial charge in [0.05, 0.1) is 14.2 Å². The maximum absolute atomic E-state index is 5.52. The second kappa shape index (κ2) is 13.1. The van der Waals surface area contributed by atoms with Crippen molar-refractivity contribution in [1.29, 1.82) is 0 Å². The highest BCUT2D eigenvalue weighted by molar-refractivity contribution is 14.0. The van der Waals surface area contributed by atoms with Crippen LogP contribution in [0.5, 0.6) is 11.5 Å². The number of guanidine groups is 1. The summed E-state index contributed by atoms with van der Waals surface area (Å²) in [5.74, 6) is 2.50. The Morgan fingerprint density at radius 3 is 2.45 bits per heavy atom. The molecule has 1 unspecified atom stereocenters. The maximum atomic E-state index is 5.52. The van der Waals surface area contributed by atoms with Crippen LogP contribution in [0.2, 0.25) is 0 Å². The molecule has 2 rings (SSSR count). The molecular formula is C21H38IN5O2. The molecule has 1 atom stereocenters. The lowest BCUT2D eigenvalue weighted by molar-refractivity contribution is 0.107. The number of methoxy groups -OCH3 is 2. The summed E-state index contributed by atoms with van der Waals surface area (Å²) >= 11 is 0. The van der Waals surface area contributed by atoms with Crippen molar-refractivity contribution in [3.05, 3.63) is 23.8 Å². The van der Waals surface area contributed by atoms with Gasteiger partial charge in [-0.3, -0.25) is 9.89 Å². The van der Waals surface area contributed by atoms with E-state index in [1.165, 1.54) is 0 Å². The summed E-state index contributed by atoms with van der Waals surface area (Å²) in [5, 5.41) is 3.53. The highest BCUT2D eigenvalue weighted by Crippen LogP contribution is 2.25. The minimum Gasteiger partial charge on any atom is -0.497 e. The quantitative estimate of drug-likeness (QED) is 0.324. The molecule has 7 nitrogen and oxygen atoms in total. The maximum Gasteiger partial charge on any atom is 0.193 e. The number of benzene rings is 1. The Morgan fingerprint density at radius 2 is 1.90 bits per heavy atom. The summed E-state index contributed by atoms with van der Waals surface area (Å²) in [6.45, 7) is 11.8. The summed E-state index contributed by atoms with van der Waals surface area (Å²) in [7, 11) is 7.22. The van der Waals surface area contributed by atoms with Crippen LogP contribution in [-0.2, 0) is 6.54 Å². The Bertz CT molecular complexity index is 635. The van der Waals surface area contributed by atoms with Gasteiger partial charge in [-0.05, 0) is 25.6 Å². The summed E-state index contributed by atoms with van der Waals surface area (Å²) in [6.07, 6.45) is 0. The summed E-state index contributed by atoms with van der Waals surface area (Å²) in [5.41, 5.74) is 1.09. The topological polar surface area (TPSA) is 52.6 Å². The molecule has 1 aromatic carbocycles. The monoisotopic (exact) mass is 519 g/mol. The van der Waals surface area contributed by atoms with Crippen LogP contribution in [0, 0.1) is 0 Å². The fraction of sp³-hybridized carbons (Fsp3) is 0.667. The van der Waals surface area contributed by atoms with Crippen LogP contribution >= 0.6 is 24.0 Å². The zero-order valence-electron chi connectivity index (χ0n) is 18.8. The van der Waals surface area contributed by atoms with Crippen molar-refractivity contribution in [1.82, 2.24) is 20.0 Å². The van der Waals surface area contributed by atoms with Crippen molar-refractivity contribution in [3.8, 4) is 11.5 Å². The van der Waals surface area contributed by atoms with Gasteiger partial charge in [0.1, 0.15) is 11.5 Å². The van der Waals surface area contributed by atoms with Gasteiger partial charge in [0.2, 0.25) is 0 Å². The largest absolute Gasteiger partial charge is 0.497 e. The minimum atomic E-state index is 0. The number of nitrogens with one attached hydrogen (secondary N) is 1. The number of likely N-dealkylation sites (N-methyl/N-ethyl adjacent to an activating group) is 1. The first-order valence-corrected chi connectivity index (χ1v) is 10.1. The zero-order valence-corrected chi connectivity index (χ0v) is 21.1. The van der Waals surface area contributed by atoms with E-state index < -0.39 is 0 Å². The molecule has 1 N–H and O–H groups in total. The van der Waals surface area contributed by atoms with Crippen LogP contribution < -0.4 is 14.8 Å². The third-order valence-electron chi connectivity index (χ3n) is 5.51. The van der Waals surface area contributed by atoms with Gasteiger partial charge in [-0.15, -0.1) is 24.0 Å². The summed E-state index contributed by atoms with van der Waals surface area (Å²) in [4.78, 5) is 11.6. The van der Waals surface area contributed by atoms with Gasteiger partial charge < -0.3 is 24.6 Å². The van der Waals surface area contributed by atoms with Crippen molar-refractivity contribution in [2.45, 2.75) is 26.4 Å². The van der Waals surface area contributed by atoms with E-state index in [0.717, 1.165) is 62.3 Å². The Morgan fingerprint density at radius 1 is 1.21 bits per heavy atom. The number of ether oxygens (including phenoxy) is 2. The molecule has 0 radical (unpaired) electrons. The highest BCUT2D eigenvalue weighted by atomic mass is 127. The third kappa shape index (κ3) is 7.49. The molecule has 0 saturated carbocycles. The van der Waals surface area contributed by atoms with Crippen LogP contribution in [-0.4, -0.2) is 94.3 Å². The number of aliphatic imine (C=N–C) groups is 1. The number of nitrogens with zero attached hydrogens (tertiary/aromatic N) is 4. The lowest BCUT2D eigenvalue weighted by Crippen LogP contribution is -2.53. The fourth-order valence-electron chi connectivity index (χ4n) is 3.59. The van der Waals surface area contributed by atoms with Crippen molar-refractivity contribution >= 4 is 29.9 Å². The lowest BCUT2D eigenvalue weighted by atomic mass is 10.2. The molecule has 29 heavy (non-hydrogen) atoms. The highest BCUT2D eigenvalue weighted by Gasteiger charge is 2.20. The molecular weight excluding hydrogens is 481 g/mol. The Balaban J connectivity index is 0.00000420. The van der Waals surface area contributed by atoms with Gasteiger partial charge in [-0.25, -0.2) is 0 Å². The number of hydrogen-bond acceptors (Lipinski definition) is 5. The van der Waals surface area contributed by atoms with Gasteiger partial charge in [0, 0.05) is 71.0 Å². The summed E-state index contributed by atoms with van der Waals surface area (Å²) < 4.78 is 10.8. The molecule has 166 valence electrons. The molecule has 0 aromatic heterocycles. The normalized spacial score (nSPS) is 16.7. The molecule has 1 aliphatic heterocycles. The minimum absolute atomic E-state index is 0. The van der Waals surface area contributed by atoms with Crippen LogP contribution in [0.3, 0.4) is 0 Å². The third-order valence-corrected chi connectivity index (χ3v) is 5.51. The molecule has 1 aliphatic rings. The first-order valence-electron chi connectivity index (χ1n) is 10.1. The average Bonchev–Trinajstić information content (AvgIpc) is 2.74. The Hall–Kier alpha value is -1.26. The predicted octanol–water partition coefficient (Wildman–Crippen LogP) is 2.36. The first kappa shape index (κ1) is 25.8. The van der Waals surface area contributed by atoms with Crippen LogP contribution in [0.25, 0.3) is 0 Å². The van der Waals surface area contributed by atoms with Gasteiger partial charge >= 0.3 is 0 Å². The smallest absolute Gasteiger partial charge is 0.193 e.